The predicted octanol–water partition coefficient (Wildman–Crippen LogP) is -0.132. The van der Waals surface area contributed by atoms with Gasteiger partial charge in [0, 0.05) is 32.3 Å². The molecule has 0 aliphatic rings. The number of carbonyl (C=O) groups excluding carboxylic acids is 2. The minimum Gasteiger partial charge on any atom is -0.355 e. The van der Waals surface area contributed by atoms with Crippen molar-refractivity contribution in [2.45, 2.75) is 13.3 Å². The van der Waals surface area contributed by atoms with E-state index in [-0.39, 0.29) is 11.8 Å². The van der Waals surface area contributed by atoms with Gasteiger partial charge in [0.15, 0.2) is 0 Å². The number of hydrogen-bond donors (Lipinski definition) is 2. The van der Waals surface area contributed by atoms with Crippen molar-refractivity contribution in [2.24, 2.45) is 0 Å². The van der Waals surface area contributed by atoms with Crippen LogP contribution in [0.15, 0.2) is 0 Å². The number of amides is 2. The summed E-state index contributed by atoms with van der Waals surface area (Å²) in [5.41, 5.74) is 0. The summed E-state index contributed by atoms with van der Waals surface area (Å²) in [5, 5.41) is 5.16. The quantitative estimate of drug-likeness (QED) is 0.471. The largest absolute Gasteiger partial charge is 0.355 e. The van der Waals surface area contributed by atoms with E-state index in [1.807, 2.05) is 0 Å². The predicted molar refractivity (Wildman–Crippen MR) is 47.0 cm³/mol. The Bertz CT molecular complexity index is 161. The molecule has 0 aliphatic heterocycles. The first-order valence-corrected chi connectivity index (χ1v) is 4.27. The van der Waals surface area contributed by atoms with E-state index in [1.165, 1.54) is 6.92 Å². The van der Waals surface area contributed by atoms with Gasteiger partial charge >= 0.3 is 0 Å². The highest BCUT2D eigenvalue weighted by Gasteiger charge is 1.97. The Hall–Kier alpha value is -0.770. The Morgan fingerprint density at radius 1 is 1.25 bits per heavy atom. The summed E-state index contributed by atoms with van der Waals surface area (Å²) >= 11 is 5.33. The molecule has 0 aromatic heterocycles. The minimum absolute atomic E-state index is 0.0876. The molecule has 0 unspecified atom stereocenters. The molecule has 0 rings (SSSR count). The van der Waals surface area contributed by atoms with Crippen molar-refractivity contribution in [3.63, 3.8) is 0 Å². The summed E-state index contributed by atoms with van der Waals surface area (Å²) in [6, 6.07) is 0. The summed E-state index contributed by atoms with van der Waals surface area (Å²) in [6.07, 6.45) is 0.321. The third-order valence-electron chi connectivity index (χ3n) is 1.14. The Kier molecular flexibility index (Phi) is 6.47. The third-order valence-corrected chi connectivity index (χ3v) is 1.33. The molecule has 0 bridgehead atoms. The highest BCUT2D eigenvalue weighted by Crippen LogP contribution is 1.82. The number of halogens is 1. The van der Waals surface area contributed by atoms with Crippen molar-refractivity contribution in [1.82, 2.24) is 10.6 Å². The standard InChI is InChI=1S/C7H13ClN2O2/c1-6(11)9-4-5-10-7(12)2-3-8/h2-5H2,1H3,(H,9,11)(H,10,12). The monoisotopic (exact) mass is 192 g/mol. The highest BCUT2D eigenvalue weighted by atomic mass is 35.5. The van der Waals surface area contributed by atoms with Crippen LogP contribution in [0.25, 0.3) is 0 Å². The molecule has 70 valence electrons. The van der Waals surface area contributed by atoms with Crippen LogP contribution in [-0.2, 0) is 9.59 Å². The maximum absolute atomic E-state index is 10.8. The molecule has 0 aliphatic carbocycles. The maximum atomic E-state index is 10.8. The number of rotatable bonds is 5. The van der Waals surface area contributed by atoms with Crippen LogP contribution in [0.3, 0.4) is 0 Å². The van der Waals surface area contributed by atoms with E-state index in [9.17, 15) is 9.59 Å². The minimum atomic E-state index is -0.0957. The van der Waals surface area contributed by atoms with Gasteiger partial charge in [-0.2, -0.15) is 0 Å². The highest BCUT2D eigenvalue weighted by molar-refractivity contribution is 6.18. The molecular formula is C7H13ClN2O2. The first-order chi connectivity index (χ1) is 5.66. The van der Waals surface area contributed by atoms with Gasteiger partial charge in [0.2, 0.25) is 11.8 Å². The van der Waals surface area contributed by atoms with Crippen molar-refractivity contribution >= 4 is 23.4 Å². The van der Waals surface area contributed by atoms with Gasteiger partial charge in [0.25, 0.3) is 0 Å². The van der Waals surface area contributed by atoms with E-state index in [0.29, 0.717) is 25.4 Å². The molecule has 0 aromatic carbocycles. The lowest BCUT2D eigenvalue weighted by Crippen LogP contribution is -2.33. The third kappa shape index (κ3) is 7.34. The summed E-state index contributed by atoms with van der Waals surface area (Å²) in [4.78, 5) is 21.1. The Morgan fingerprint density at radius 3 is 2.33 bits per heavy atom. The molecule has 0 atom stereocenters. The van der Waals surface area contributed by atoms with Crippen molar-refractivity contribution in [3.05, 3.63) is 0 Å². The fourth-order valence-electron chi connectivity index (χ4n) is 0.615. The molecule has 0 radical (unpaired) electrons. The topological polar surface area (TPSA) is 58.2 Å². The van der Waals surface area contributed by atoms with Gasteiger partial charge in [0.1, 0.15) is 0 Å². The molecule has 0 aromatic rings. The SMILES string of the molecule is CC(=O)NCCNC(=O)CCCl. The second-order valence-electron chi connectivity index (χ2n) is 2.27. The molecule has 2 amide bonds. The molecular weight excluding hydrogens is 180 g/mol. The number of alkyl halides is 1. The van der Waals surface area contributed by atoms with Crippen LogP contribution in [0.5, 0.6) is 0 Å². The van der Waals surface area contributed by atoms with Crippen LogP contribution in [0.1, 0.15) is 13.3 Å². The zero-order valence-corrected chi connectivity index (χ0v) is 7.78. The number of nitrogens with one attached hydrogen (secondary N) is 2. The summed E-state index contributed by atoms with van der Waals surface area (Å²) < 4.78 is 0. The van der Waals surface area contributed by atoms with E-state index < -0.39 is 0 Å². The first-order valence-electron chi connectivity index (χ1n) is 3.74. The van der Waals surface area contributed by atoms with E-state index in [1.54, 1.807) is 0 Å². The van der Waals surface area contributed by atoms with Crippen LogP contribution >= 0.6 is 11.6 Å². The lowest BCUT2D eigenvalue weighted by Gasteiger charge is -2.03. The van der Waals surface area contributed by atoms with Gasteiger partial charge < -0.3 is 10.6 Å². The Balaban J connectivity index is 3.19. The summed E-state index contributed by atoms with van der Waals surface area (Å²) in [6.45, 7) is 2.35. The number of hydrogen-bond acceptors (Lipinski definition) is 2. The smallest absolute Gasteiger partial charge is 0.221 e. The van der Waals surface area contributed by atoms with Gasteiger partial charge in [-0.1, -0.05) is 0 Å². The van der Waals surface area contributed by atoms with Gasteiger partial charge in [0.05, 0.1) is 0 Å². The van der Waals surface area contributed by atoms with Gasteiger partial charge in [-0.25, -0.2) is 0 Å². The van der Waals surface area contributed by atoms with Crippen molar-refractivity contribution in [2.75, 3.05) is 19.0 Å². The lowest BCUT2D eigenvalue weighted by atomic mass is 10.4. The second-order valence-corrected chi connectivity index (χ2v) is 2.65. The molecule has 0 heterocycles. The van der Waals surface area contributed by atoms with E-state index >= 15 is 0 Å². The molecule has 2 N–H and O–H groups in total. The van der Waals surface area contributed by atoms with Crippen LogP contribution in [0.2, 0.25) is 0 Å². The molecule has 12 heavy (non-hydrogen) atoms. The van der Waals surface area contributed by atoms with Crippen LogP contribution < -0.4 is 10.6 Å². The van der Waals surface area contributed by atoms with Crippen molar-refractivity contribution < 1.29 is 9.59 Å². The molecule has 0 saturated heterocycles. The Labute approximate surface area is 76.7 Å². The van der Waals surface area contributed by atoms with Gasteiger partial charge in [-0.05, 0) is 0 Å². The van der Waals surface area contributed by atoms with Crippen molar-refractivity contribution in [1.29, 1.82) is 0 Å². The second kappa shape index (κ2) is 6.91. The number of carbonyl (C=O) groups is 2. The molecule has 5 heteroatoms. The van der Waals surface area contributed by atoms with E-state index in [0.717, 1.165) is 0 Å². The maximum Gasteiger partial charge on any atom is 0.221 e. The van der Waals surface area contributed by atoms with Crippen LogP contribution in [-0.4, -0.2) is 30.8 Å². The van der Waals surface area contributed by atoms with Gasteiger partial charge in [-0.3, -0.25) is 9.59 Å². The Morgan fingerprint density at radius 2 is 1.83 bits per heavy atom. The van der Waals surface area contributed by atoms with Crippen LogP contribution in [0, 0.1) is 0 Å². The molecule has 0 spiro atoms. The van der Waals surface area contributed by atoms with Crippen LogP contribution in [0.4, 0.5) is 0 Å². The molecule has 4 nitrogen and oxygen atoms in total. The van der Waals surface area contributed by atoms with Gasteiger partial charge in [-0.15, -0.1) is 11.6 Å². The lowest BCUT2D eigenvalue weighted by molar-refractivity contribution is -0.121. The molecule has 0 saturated carbocycles. The first kappa shape index (κ1) is 11.2. The van der Waals surface area contributed by atoms with Crippen molar-refractivity contribution in [3.8, 4) is 0 Å². The average Bonchev–Trinajstić information content (AvgIpc) is 1.98. The van der Waals surface area contributed by atoms with E-state index in [2.05, 4.69) is 10.6 Å². The zero-order chi connectivity index (χ0) is 9.40. The zero-order valence-electron chi connectivity index (χ0n) is 7.02. The average molecular weight is 193 g/mol. The molecule has 0 fully saturated rings. The van der Waals surface area contributed by atoms with E-state index in [4.69, 9.17) is 11.6 Å². The summed E-state index contributed by atoms with van der Waals surface area (Å²) in [7, 11) is 0. The normalized spacial score (nSPS) is 9.17. The fourth-order valence-corrected chi connectivity index (χ4v) is 0.786. The fraction of sp³-hybridized carbons (Fsp3) is 0.714. The summed E-state index contributed by atoms with van der Waals surface area (Å²) in [5.74, 6) is 0.142.